The standard InChI is InChI=1S/C13H6Cl2N2O3/c14-8-2-1-3-9(15)12(8)13-16-10-6-7(17(18)19)4-5-11(10)20-13/h1-6H. The van der Waals surface area contributed by atoms with Gasteiger partial charge in [0, 0.05) is 12.1 Å². The summed E-state index contributed by atoms with van der Waals surface area (Å²) in [5.74, 6) is 0.232. The smallest absolute Gasteiger partial charge is 0.271 e. The van der Waals surface area contributed by atoms with Gasteiger partial charge in [-0.05, 0) is 18.2 Å². The third kappa shape index (κ3) is 2.11. The number of hydrogen-bond donors (Lipinski definition) is 0. The van der Waals surface area contributed by atoms with Crippen LogP contribution >= 0.6 is 23.2 Å². The third-order valence-electron chi connectivity index (χ3n) is 2.76. The molecule has 7 heteroatoms. The molecule has 0 aliphatic carbocycles. The SMILES string of the molecule is O=[N+]([O-])c1ccc2oc(-c3c(Cl)cccc3Cl)nc2c1. The van der Waals surface area contributed by atoms with Crippen molar-refractivity contribution < 1.29 is 9.34 Å². The van der Waals surface area contributed by atoms with Gasteiger partial charge in [-0.1, -0.05) is 29.3 Å². The van der Waals surface area contributed by atoms with Crippen molar-refractivity contribution in [3.8, 4) is 11.5 Å². The zero-order chi connectivity index (χ0) is 14.3. The average Bonchev–Trinajstić information content (AvgIpc) is 2.80. The summed E-state index contributed by atoms with van der Waals surface area (Å²) in [5, 5.41) is 11.5. The molecular formula is C13H6Cl2N2O3. The van der Waals surface area contributed by atoms with E-state index in [2.05, 4.69) is 4.98 Å². The molecule has 0 radical (unpaired) electrons. The second-order valence-electron chi connectivity index (χ2n) is 4.02. The van der Waals surface area contributed by atoms with Crippen molar-refractivity contribution in [2.24, 2.45) is 0 Å². The minimum Gasteiger partial charge on any atom is -0.436 e. The minimum atomic E-state index is -0.490. The highest BCUT2D eigenvalue weighted by Crippen LogP contribution is 2.36. The Kier molecular flexibility index (Phi) is 3.08. The van der Waals surface area contributed by atoms with E-state index in [1.165, 1.54) is 18.2 Å². The summed E-state index contributed by atoms with van der Waals surface area (Å²) in [6, 6.07) is 9.23. The van der Waals surface area contributed by atoms with E-state index in [-0.39, 0.29) is 11.6 Å². The first-order valence-electron chi connectivity index (χ1n) is 5.55. The number of nitrogens with zero attached hydrogens (tertiary/aromatic N) is 2. The summed E-state index contributed by atoms with van der Waals surface area (Å²) < 4.78 is 5.55. The average molecular weight is 309 g/mol. The van der Waals surface area contributed by atoms with E-state index in [9.17, 15) is 10.1 Å². The van der Waals surface area contributed by atoms with Crippen LogP contribution in [-0.2, 0) is 0 Å². The van der Waals surface area contributed by atoms with E-state index >= 15 is 0 Å². The Morgan fingerprint density at radius 3 is 2.50 bits per heavy atom. The highest BCUT2D eigenvalue weighted by molar-refractivity contribution is 6.38. The van der Waals surface area contributed by atoms with Gasteiger partial charge in [0.1, 0.15) is 5.52 Å². The Morgan fingerprint density at radius 2 is 1.85 bits per heavy atom. The number of benzene rings is 2. The second kappa shape index (κ2) is 4.77. The number of rotatable bonds is 2. The molecule has 3 rings (SSSR count). The van der Waals surface area contributed by atoms with Crippen LogP contribution < -0.4 is 0 Å². The fraction of sp³-hybridized carbons (Fsp3) is 0. The molecule has 1 aromatic heterocycles. The molecule has 3 aromatic rings. The maximum absolute atomic E-state index is 10.7. The van der Waals surface area contributed by atoms with Gasteiger partial charge in [-0.2, -0.15) is 0 Å². The summed E-state index contributed by atoms with van der Waals surface area (Å²) in [7, 11) is 0. The van der Waals surface area contributed by atoms with Gasteiger partial charge in [0.25, 0.3) is 5.69 Å². The van der Waals surface area contributed by atoms with Crippen molar-refractivity contribution in [1.29, 1.82) is 0 Å². The van der Waals surface area contributed by atoms with Crippen molar-refractivity contribution in [3.63, 3.8) is 0 Å². The topological polar surface area (TPSA) is 69.2 Å². The van der Waals surface area contributed by atoms with Gasteiger partial charge in [-0.15, -0.1) is 0 Å². The molecule has 0 bridgehead atoms. The predicted octanol–water partition coefficient (Wildman–Crippen LogP) is 4.71. The molecule has 0 unspecified atom stereocenters. The van der Waals surface area contributed by atoms with E-state index in [1.54, 1.807) is 18.2 Å². The van der Waals surface area contributed by atoms with Gasteiger partial charge in [0.05, 0.1) is 20.5 Å². The van der Waals surface area contributed by atoms with Gasteiger partial charge >= 0.3 is 0 Å². The third-order valence-corrected chi connectivity index (χ3v) is 3.39. The van der Waals surface area contributed by atoms with Crippen LogP contribution in [0.1, 0.15) is 0 Å². The lowest BCUT2D eigenvalue weighted by Crippen LogP contribution is -1.86. The van der Waals surface area contributed by atoms with Crippen LogP contribution in [0.5, 0.6) is 0 Å². The Morgan fingerprint density at radius 1 is 1.15 bits per heavy atom. The Hall–Kier alpha value is -2.11. The fourth-order valence-electron chi connectivity index (χ4n) is 1.84. The van der Waals surface area contributed by atoms with Crippen LogP contribution in [0.4, 0.5) is 5.69 Å². The van der Waals surface area contributed by atoms with Crippen molar-refractivity contribution in [2.75, 3.05) is 0 Å². The van der Waals surface area contributed by atoms with Gasteiger partial charge in [-0.25, -0.2) is 4.98 Å². The van der Waals surface area contributed by atoms with Crippen LogP contribution in [0.3, 0.4) is 0 Å². The summed E-state index contributed by atoms with van der Waals surface area (Å²) in [5.41, 5.74) is 1.23. The number of fused-ring (bicyclic) bond motifs is 1. The van der Waals surface area contributed by atoms with Crippen molar-refractivity contribution in [2.45, 2.75) is 0 Å². The summed E-state index contributed by atoms with van der Waals surface area (Å²) in [4.78, 5) is 14.5. The molecule has 0 N–H and O–H groups in total. The van der Waals surface area contributed by atoms with E-state index < -0.39 is 4.92 Å². The summed E-state index contributed by atoms with van der Waals surface area (Å²) in [6.07, 6.45) is 0. The maximum Gasteiger partial charge on any atom is 0.271 e. The van der Waals surface area contributed by atoms with Crippen molar-refractivity contribution in [3.05, 3.63) is 56.6 Å². The van der Waals surface area contributed by atoms with Crippen molar-refractivity contribution in [1.82, 2.24) is 4.98 Å². The minimum absolute atomic E-state index is 0.0531. The van der Waals surface area contributed by atoms with Gasteiger partial charge in [-0.3, -0.25) is 10.1 Å². The molecule has 0 amide bonds. The Balaban J connectivity index is 2.21. The number of aromatic nitrogens is 1. The van der Waals surface area contributed by atoms with Crippen LogP contribution in [0, 0.1) is 10.1 Å². The largest absolute Gasteiger partial charge is 0.436 e. The number of nitro groups is 1. The van der Waals surface area contributed by atoms with E-state index in [4.69, 9.17) is 27.6 Å². The number of non-ortho nitro benzene ring substituents is 1. The molecule has 0 aliphatic rings. The van der Waals surface area contributed by atoms with Gasteiger partial charge in [0.15, 0.2) is 5.58 Å². The van der Waals surface area contributed by atoms with Gasteiger partial charge < -0.3 is 4.42 Å². The Bertz CT molecular complexity index is 809. The Labute approximate surface area is 122 Å². The molecule has 0 saturated carbocycles. The molecule has 20 heavy (non-hydrogen) atoms. The van der Waals surface area contributed by atoms with Crippen molar-refractivity contribution >= 4 is 40.0 Å². The number of halogens is 2. The van der Waals surface area contributed by atoms with E-state index in [0.717, 1.165) is 0 Å². The zero-order valence-electron chi connectivity index (χ0n) is 9.84. The van der Waals surface area contributed by atoms with Gasteiger partial charge in [0.2, 0.25) is 5.89 Å². The lowest BCUT2D eigenvalue weighted by Gasteiger charge is -2.00. The fourth-order valence-corrected chi connectivity index (χ4v) is 2.40. The summed E-state index contributed by atoms with van der Waals surface area (Å²) >= 11 is 12.2. The van der Waals surface area contributed by atoms with E-state index in [0.29, 0.717) is 26.7 Å². The molecule has 1 heterocycles. The number of oxazole rings is 1. The molecule has 0 fully saturated rings. The number of hydrogen-bond acceptors (Lipinski definition) is 4. The first kappa shape index (κ1) is 12.9. The summed E-state index contributed by atoms with van der Waals surface area (Å²) in [6.45, 7) is 0. The zero-order valence-corrected chi connectivity index (χ0v) is 11.4. The molecule has 5 nitrogen and oxygen atoms in total. The molecule has 100 valence electrons. The quantitative estimate of drug-likeness (QED) is 0.508. The molecule has 0 spiro atoms. The molecule has 0 atom stereocenters. The van der Waals surface area contributed by atoms with Crippen LogP contribution in [0.2, 0.25) is 10.0 Å². The lowest BCUT2D eigenvalue weighted by atomic mass is 10.2. The monoisotopic (exact) mass is 308 g/mol. The molecule has 2 aromatic carbocycles. The van der Waals surface area contributed by atoms with E-state index in [1.807, 2.05) is 0 Å². The normalized spacial score (nSPS) is 10.9. The highest BCUT2D eigenvalue weighted by Gasteiger charge is 2.16. The van der Waals surface area contributed by atoms with Crippen LogP contribution in [0.15, 0.2) is 40.8 Å². The first-order valence-corrected chi connectivity index (χ1v) is 6.31. The van der Waals surface area contributed by atoms with Crippen LogP contribution in [0.25, 0.3) is 22.6 Å². The second-order valence-corrected chi connectivity index (χ2v) is 4.84. The van der Waals surface area contributed by atoms with Crippen LogP contribution in [-0.4, -0.2) is 9.91 Å². The lowest BCUT2D eigenvalue weighted by molar-refractivity contribution is -0.384. The molecular weight excluding hydrogens is 303 g/mol. The predicted molar refractivity (Wildman–Crippen MR) is 76.1 cm³/mol. The number of nitro benzene ring substituents is 1. The maximum atomic E-state index is 10.7. The molecule has 0 aliphatic heterocycles. The molecule has 0 saturated heterocycles. The first-order chi connectivity index (χ1) is 9.56. The highest BCUT2D eigenvalue weighted by atomic mass is 35.5.